The summed E-state index contributed by atoms with van der Waals surface area (Å²) in [5.74, 6) is -0.136. The molecular formula is C18H18ClNO4. The van der Waals surface area contributed by atoms with E-state index in [0.717, 1.165) is 0 Å². The fourth-order valence-corrected chi connectivity index (χ4v) is 2.04. The van der Waals surface area contributed by atoms with Crippen molar-refractivity contribution in [3.63, 3.8) is 0 Å². The number of ether oxygens (including phenoxy) is 2. The second-order valence-electron chi connectivity index (χ2n) is 5.00. The third-order valence-electron chi connectivity index (χ3n) is 3.16. The summed E-state index contributed by atoms with van der Waals surface area (Å²) in [5, 5.41) is 3.33. The van der Waals surface area contributed by atoms with Crippen molar-refractivity contribution < 1.29 is 19.1 Å². The summed E-state index contributed by atoms with van der Waals surface area (Å²) in [6.45, 7) is 3.71. The number of halogens is 1. The average Bonchev–Trinajstić information content (AvgIpc) is 2.57. The molecule has 0 aliphatic heterocycles. The highest BCUT2D eigenvalue weighted by atomic mass is 35.5. The number of carbonyl (C=O) groups is 2. The van der Waals surface area contributed by atoms with E-state index in [2.05, 4.69) is 5.32 Å². The van der Waals surface area contributed by atoms with Gasteiger partial charge in [-0.05, 0) is 62.4 Å². The van der Waals surface area contributed by atoms with Gasteiger partial charge < -0.3 is 14.8 Å². The molecule has 6 heteroatoms. The van der Waals surface area contributed by atoms with Gasteiger partial charge in [-0.3, -0.25) is 4.79 Å². The molecule has 126 valence electrons. The number of nitrogens with one attached hydrogen (secondary N) is 1. The summed E-state index contributed by atoms with van der Waals surface area (Å²) in [4.78, 5) is 23.7. The van der Waals surface area contributed by atoms with Crippen molar-refractivity contribution in [3.8, 4) is 5.75 Å². The van der Waals surface area contributed by atoms with Crippen molar-refractivity contribution in [2.75, 3.05) is 11.9 Å². The quantitative estimate of drug-likeness (QED) is 0.804. The van der Waals surface area contributed by atoms with Crippen LogP contribution in [0.15, 0.2) is 48.5 Å². The van der Waals surface area contributed by atoms with Crippen molar-refractivity contribution in [1.29, 1.82) is 0 Å². The third kappa shape index (κ3) is 4.99. The lowest BCUT2D eigenvalue weighted by atomic mass is 10.2. The average molecular weight is 348 g/mol. The van der Waals surface area contributed by atoms with E-state index >= 15 is 0 Å². The lowest BCUT2D eigenvalue weighted by molar-refractivity contribution is -0.122. The Morgan fingerprint density at radius 3 is 2.29 bits per heavy atom. The van der Waals surface area contributed by atoms with Crippen molar-refractivity contribution in [2.24, 2.45) is 0 Å². The highest BCUT2D eigenvalue weighted by molar-refractivity contribution is 6.30. The van der Waals surface area contributed by atoms with Gasteiger partial charge in [0.1, 0.15) is 5.75 Å². The Balaban J connectivity index is 1.93. The molecule has 5 nitrogen and oxygen atoms in total. The van der Waals surface area contributed by atoms with Crippen molar-refractivity contribution >= 4 is 29.2 Å². The van der Waals surface area contributed by atoms with Gasteiger partial charge in [0, 0.05) is 10.7 Å². The molecule has 1 N–H and O–H groups in total. The molecule has 0 saturated heterocycles. The predicted octanol–water partition coefficient (Wildman–Crippen LogP) is 3.92. The first kappa shape index (κ1) is 17.8. The normalized spacial score (nSPS) is 11.5. The Morgan fingerprint density at radius 2 is 1.71 bits per heavy atom. The first-order chi connectivity index (χ1) is 11.5. The van der Waals surface area contributed by atoms with Gasteiger partial charge in [-0.2, -0.15) is 0 Å². The third-order valence-corrected chi connectivity index (χ3v) is 3.41. The van der Waals surface area contributed by atoms with Crippen LogP contribution in [-0.4, -0.2) is 24.6 Å². The van der Waals surface area contributed by atoms with E-state index in [1.807, 2.05) is 0 Å². The Kier molecular flexibility index (Phi) is 6.21. The molecule has 1 amide bonds. The maximum absolute atomic E-state index is 12.2. The molecule has 0 aliphatic carbocycles. The van der Waals surface area contributed by atoms with E-state index in [-0.39, 0.29) is 5.91 Å². The Bertz CT molecular complexity index is 698. The summed E-state index contributed by atoms with van der Waals surface area (Å²) in [6.07, 6.45) is -0.684. The molecule has 0 aromatic heterocycles. The van der Waals surface area contributed by atoms with Gasteiger partial charge in [-0.1, -0.05) is 11.6 Å². The van der Waals surface area contributed by atoms with Crippen molar-refractivity contribution in [1.82, 2.24) is 0 Å². The Morgan fingerprint density at radius 1 is 1.08 bits per heavy atom. The number of rotatable bonds is 6. The van der Waals surface area contributed by atoms with Gasteiger partial charge in [-0.25, -0.2) is 4.79 Å². The molecule has 0 heterocycles. The Hall–Kier alpha value is -2.53. The van der Waals surface area contributed by atoms with Crippen LogP contribution in [0.5, 0.6) is 5.75 Å². The smallest absolute Gasteiger partial charge is 0.338 e. The van der Waals surface area contributed by atoms with Gasteiger partial charge in [-0.15, -0.1) is 0 Å². The number of amides is 1. The Labute approximate surface area is 145 Å². The highest BCUT2D eigenvalue weighted by Crippen LogP contribution is 2.17. The molecule has 0 radical (unpaired) electrons. The number of esters is 1. The van der Waals surface area contributed by atoms with Gasteiger partial charge in [0.05, 0.1) is 12.2 Å². The van der Waals surface area contributed by atoms with Crippen LogP contribution in [0.25, 0.3) is 0 Å². The SMILES string of the molecule is CCOC(=O)c1ccc(NC(=O)[C@H](C)Oc2ccc(Cl)cc2)cc1. The fourth-order valence-electron chi connectivity index (χ4n) is 1.92. The minimum atomic E-state index is -0.684. The molecule has 0 fully saturated rings. The van der Waals surface area contributed by atoms with Gasteiger partial charge >= 0.3 is 5.97 Å². The molecule has 2 rings (SSSR count). The zero-order valence-electron chi connectivity index (χ0n) is 13.4. The number of anilines is 1. The van der Waals surface area contributed by atoms with Crippen LogP contribution in [-0.2, 0) is 9.53 Å². The van der Waals surface area contributed by atoms with Crippen LogP contribution in [0, 0.1) is 0 Å². The van der Waals surface area contributed by atoms with E-state index in [0.29, 0.717) is 28.6 Å². The molecule has 2 aromatic rings. The lowest BCUT2D eigenvalue weighted by Crippen LogP contribution is -2.30. The second kappa shape index (κ2) is 8.36. The fraction of sp³-hybridized carbons (Fsp3) is 0.222. The van der Waals surface area contributed by atoms with Crippen molar-refractivity contribution in [3.05, 3.63) is 59.1 Å². The van der Waals surface area contributed by atoms with E-state index in [1.54, 1.807) is 62.4 Å². The van der Waals surface area contributed by atoms with Crippen molar-refractivity contribution in [2.45, 2.75) is 20.0 Å². The monoisotopic (exact) mass is 347 g/mol. The summed E-state index contributed by atoms with van der Waals surface area (Å²) in [5.41, 5.74) is 1.000. The molecule has 24 heavy (non-hydrogen) atoms. The lowest BCUT2D eigenvalue weighted by Gasteiger charge is -2.15. The molecule has 0 spiro atoms. The largest absolute Gasteiger partial charge is 0.481 e. The van der Waals surface area contributed by atoms with Crippen LogP contribution in [0.3, 0.4) is 0 Å². The standard InChI is InChI=1S/C18H18ClNO4/c1-3-23-18(22)13-4-8-15(9-5-13)20-17(21)12(2)24-16-10-6-14(19)7-11-16/h4-12H,3H2,1-2H3,(H,20,21)/t12-/m0/s1. The topological polar surface area (TPSA) is 64.6 Å². The van der Waals surface area contributed by atoms with E-state index < -0.39 is 12.1 Å². The number of hydrogen-bond donors (Lipinski definition) is 1. The summed E-state index contributed by atoms with van der Waals surface area (Å²) < 4.78 is 10.5. The van der Waals surface area contributed by atoms with Gasteiger partial charge in [0.15, 0.2) is 6.10 Å². The van der Waals surface area contributed by atoms with Gasteiger partial charge in [0.2, 0.25) is 0 Å². The highest BCUT2D eigenvalue weighted by Gasteiger charge is 2.15. The zero-order valence-corrected chi connectivity index (χ0v) is 14.2. The van der Waals surface area contributed by atoms with E-state index in [1.165, 1.54) is 0 Å². The van der Waals surface area contributed by atoms with Crippen LogP contribution in [0.2, 0.25) is 5.02 Å². The maximum atomic E-state index is 12.2. The second-order valence-corrected chi connectivity index (χ2v) is 5.44. The molecule has 0 saturated carbocycles. The number of hydrogen-bond acceptors (Lipinski definition) is 4. The zero-order chi connectivity index (χ0) is 17.5. The van der Waals surface area contributed by atoms with E-state index in [9.17, 15) is 9.59 Å². The van der Waals surface area contributed by atoms with Crippen LogP contribution in [0.4, 0.5) is 5.69 Å². The minimum Gasteiger partial charge on any atom is -0.481 e. The first-order valence-corrected chi connectivity index (χ1v) is 7.87. The van der Waals surface area contributed by atoms with Crippen LogP contribution < -0.4 is 10.1 Å². The maximum Gasteiger partial charge on any atom is 0.338 e. The van der Waals surface area contributed by atoms with Crippen LogP contribution >= 0.6 is 11.6 Å². The number of carbonyl (C=O) groups excluding carboxylic acids is 2. The molecule has 0 aliphatic rings. The predicted molar refractivity (Wildman–Crippen MR) is 92.6 cm³/mol. The molecule has 2 aromatic carbocycles. The summed E-state index contributed by atoms with van der Waals surface area (Å²) in [7, 11) is 0. The molecule has 0 unspecified atom stereocenters. The van der Waals surface area contributed by atoms with Gasteiger partial charge in [0.25, 0.3) is 5.91 Å². The van der Waals surface area contributed by atoms with E-state index in [4.69, 9.17) is 21.1 Å². The van der Waals surface area contributed by atoms with Crippen LogP contribution in [0.1, 0.15) is 24.2 Å². The molecular weight excluding hydrogens is 330 g/mol. The summed E-state index contributed by atoms with van der Waals surface area (Å²) in [6, 6.07) is 13.2. The molecule has 1 atom stereocenters. The number of benzene rings is 2. The first-order valence-electron chi connectivity index (χ1n) is 7.50. The summed E-state index contributed by atoms with van der Waals surface area (Å²) >= 11 is 5.81. The molecule has 0 bridgehead atoms. The minimum absolute atomic E-state index is 0.297.